The fraction of sp³-hybridized carbons (Fsp3) is 0.778. The van der Waals surface area contributed by atoms with Gasteiger partial charge in [0.2, 0.25) is 0 Å². The molecule has 4 aliphatic carbocycles. The summed E-state index contributed by atoms with van der Waals surface area (Å²) in [6, 6.07) is 0. The van der Waals surface area contributed by atoms with Crippen molar-refractivity contribution < 1.29 is 28.9 Å². The SMILES string of the molecule is C=C(C)C(=O)OCC1COC2(O1)C1CC3CC2CC(C(=O)[O-])(C3)C1. The molecule has 1 saturated heterocycles. The van der Waals surface area contributed by atoms with Gasteiger partial charge in [0, 0.05) is 28.8 Å². The molecule has 1 heterocycles. The fourth-order valence-corrected chi connectivity index (χ4v) is 5.53. The average Bonchev–Trinajstić information content (AvgIpc) is 2.95. The summed E-state index contributed by atoms with van der Waals surface area (Å²) in [5.74, 6) is -1.44. The minimum absolute atomic E-state index is 0.0866. The van der Waals surface area contributed by atoms with Crippen molar-refractivity contribution in [3.05, 3.63) is 12.2 Å². The molecule has 1 aliphatic heterocycles. The molecule has 4 saturated carbocycles. The van der Waals surface area contributed by atoms with Gasteiger partial charge in [-0.25, -0.2) is 4.79 Å². The Balaban J connectivity index is 1.47. The molecular weight excluding hydrogens is 312 g/mol. The lowest BCUT2D eigenvalue weighted by atomic mass is 9.47. The second-order valence-corrected chi connectivity index (χ2v) is 8.06. The van der Waals surface area contributed by atoms with Crippen molar-refractivity contribution in [1.29, 1.82) is 0 Å². The Hall–Kier alpha value is -1.40. The van der Waals surface area contributed by atoms with Gasteiger partial charge < -0.3 is 24.1 Å². The maximum absolute atomic E-state index is 11.7. The second kappa shape index (κ2) is 5.30. The number of hydrogen-bond donors (Lipinski definition) is 0. The highest BCUT2D eigenvalue weighted by atomic mass is 16.8. The minimum Gasteiger partial charge on any atom is -0.550 e. The number of carbonyl (C=O) groups is 2. The standard InChI is InChI=1S/C18H24O6/c1-10(2)15(19)22-8-14-9-23-18(24-14)12-3-11-4-13(18)7-17(5-11,6-12)16(20)21/h11-14H,1,3-9H2,2H3,(H,20,21)/p-1. The van der Waals surface area contributed by atoms with Crippen LogP contribution in [-0.2, 0) is 23.8 Å². The van der Waals surface area contributed by atoms with Crippen LogP contribution in [0.15, 0.2) is 12.2 Å². The highest BCUT2D eigenvalue weighted by Gasteiger charge is 2.66. The van der Waals surface area contributed by atoms with E-state index in [-0.39, 0.29) is 24.5 Å². The molecule has 0 radical (unpaired) electrons. The summed E-state index contributed by atoms with van der Waals surface area (Å²) >= 11 is 0. The number of rotatable bonds is 4. The van der Waals surface area contributed by atoms with E-state index in [4.69, 9.17) is 14.2 Å². The van der Waals surface area contributed by atoms with Gasteiger partial charge in [0.1, 0.15) is 12.7 Å². The molecule has 0 amide bonds. The third kappa shape index (κ3) is 2.23. The van der Waals surface area contributed by atoms with Crippen molar-refractivity contribution in [2.45, 2.75) is 50.9 Å². The molecule has 5 fully saturated rings. The summed E-state index contributed by atoms with van der Waals surface area (Å²) in [6.45, 7) is 5.68. The molecule has 1 spiro atoms. The number of hydrogen-bond acceptors (Lipinski definition) is 6. The first kappa shape index (κ1) is 16.1. The van der Waals surface area contributed by atoms with Crippen molar-refractivity contribution in [1.82, 2.24) is 0 Å². The van der Waals surface area contributed by atoms with E-state index in [1.54, 1.807) is 6.92 Å². The van der Waals surface area contributed by atoms with Crippen LogP contribution in [0.2, 0.25) is 0 Å². The van der Waals surface area contributed by atoms with Gasteiger partial charge in [-0.05, 0) is 44.9 Å². The molecule has 0 aromatic rings. The van der Waals surface area contributed by atoms with Crippen molar-refractivity contribution >= 4 is 11.9 Å². The zero-order valence-electron chi connectivity index (χ0n) is 13.9. The maximum Gasteiger partial charge on any atom is 0.333 e. The van der Waals surface area contributed by atoms with Gasteiger partial charge >= 0.3 is 5.97 Å². The van der Waals surface area contributed by atoms with Crippen molar-refractivity contribution in [3.8, 4) is 0 Å². The molecule has 0 aromatic heterocycles. The number of carboxylic acid groups (broad SMARTS) is 1. The molecule has 0 N–H and O–H groups in total. The Morgan fingerprint density at radius 2 is 1.92 bits per heavy atom. The lowest BCUT2D eigenvalue weighted by molar-refractivity contribution is -0.349. The third-order valence-electron chi connectivity index (χ3n) is 6.35. The van der Waals surface area contributed by atoms with Crippen LogP contribution in [0.3, 0.4) is 0 Å². The zero-order valence-corrected chi connectivity index (χ0v) is 13.9. The first-order valence-electron chi connectivity index (χ1n) is 8.70. The molecule has 3 unspecified atom stereocenters. The number of esters is 1. The first-order valence-corrected chi connectivity index (χ1v) is 8.70. The van der Waals surface area contributed by atoms with Crippen LogP contribution >= 0.6 is 0 Å². The van der Waals surface area contributed by atoms with Crippen molar-refractivity contribution in [2.75, 3.05) is 13.2 Å². The predicted octanol–water partition coefficient (Wildman–Crippen LogP) is 0.794. The Bertz CT molecular complexity index is 580. The molecule has 4 bridgehead atoms. The van der Waals surface area contributed by atoms with Crippen LogP contribution in [0.1, 0.15) is 39.0 Å². The predicted molar refractivity (Wildman–Crippen MR) is 80.3 cm³/mol. The van der Waals surface area contributed by atoms with Crippen LogP contribution in [0.25, 0.3) is 0 Å². The lowest BCUT2D eigenvalue weighted by Gasteiger charge is -2.63. The highest BCUT2D eigenvalue weighted by Crippen LogP contribution is 2.65. The van der Waals surface area contributed by atoms with Crippen LogP contribution in [0.4, 0.5) is 0 Å². The van der Waals surface area contributed by atoms with Crippen molar-refractivity contribution in [3.63, 3.8) is 0 Å². The Morgan fingerprint density at radius 3 is 2.50 bits per heavy atom. The van der Waals surface area contributed by atoms with Crippen LogP contribution in [0, 0.1) is 23.2 Å². The van der Waals surface area contributed by atoms with E-state index in [2.05, 4.69) is 6.58 Å². The number of carboxylic acids is 1. The van der Waals surface area contributed by atoms with Crippen LogP contribution in [-0.4, -0.2) is 37.0 Å². The van der Waals surface area contributed by atoms with E-state index in [9.17, 15) is 14.7 Å². The molecule has 5 rings (SSSR count). The van der Waals surface area contributed by atoms with Gasteiger partial charge in [-0.2, -0.15) is 0 Å². The number of aliphatic carboxylic acids is 1. The highest BCUT2D eigenvalue weighted by molar-refractivity contribution is 5.86. The van der Waals surface area contributed by atoms with E-state index in [1.807, 2.05) is 0 Å². The lowest BCUT2D eigenvalue weighted by Crippen LogP contribution is -2.65. The fourth-order valence-electron chi connectivity index (χ4n) is 5.53. The first-order chi connectivity index (χ1) is 11.3. The van der Waals surface area contributed by atoms with Gasteiger partial charge in [0.15, 0.2) is 5.79 Å². The summed E-state index contributed by atoms with van der Waals surface area (Å²) in [6.07, 6.45) is 3.47. The van der Waals surface area contributed by atoms with Crippen LogP contribution in [0.5, 0.6) is 0 Å². The Morgan fingerprint density at radius 1 is 1.25 bits per heavy atom. The number of carbonyl (C=O) groups excluding carboxylic acids is 2. The molecule has 0 aromatic carbocycles. The van der Waals surface area contributed by atoms with E-state index in [0.717, 1.165) is 19.3 Å². The monoisotopic (exact) mass is 335 g/mol. The second-order valence-electron chi connectivity index (χ2n) is 8.06. The topological polar surface area (TPSA) is 84.9 Å². The Labute approximate surface area is 141 Å². The maximum atomic E-state index is 11.7. The third-order valence-corrected chi connectivity index (χ3v) is 6.35. The smallest absolute Gasteiger partial charge is 0.333 e. The quantitative estimate of drug-likeness (QED) is 0.558. The van der Waals surface area contributed by atoms with E-state index in [0.29, 0.717) is 30.9 Å². The summed E-state index contributed by atoms with van der Waals surface area (Å²) < 4.78 is 17.5. The van der Waals surface area contributed by atoms with Gasteiger partial charge in [-0.3, -0.25) is 0 Å². The Kier molecular flexibility index (Phi) is 3.55. The van der Waals surface area contributed by atoms with Gasteiger partial charge in [0.05, 0.1) is 6.61 Å². The van der Waals surface area contributed by atoms with Gasteiger partial charge in [-0.15, -0.1) is 0 Å². The van der Waals surface area contributed by atoms with Crippen molar-refractivity contribution in [2.24, 2.45) is 23.2 Å². The van der Waals surface area contributed by atoms with E-state index in [1.165, 1.54) is 0 Å². The van der Waals surface area contributed by atoms with E-state index >= 15 is 0 Å². The summed E-state index contributed by atoms with van der Waals surface area (Å²) in [5.41, 5.74) is -0.340. The molecule has 5 aliphatic rings. The average molecular weight is 335 g/mol. The molecule has 24 heavy (non-hydrogen) atoms. The van der Waals surface area contributed by atoms with Crippen LogP contribution < -0.4 is 5.11 Å². The zero-order chi connectivity index (χ0) is 17.1. The van der Waals surface area contributed by atoms with Gasteiger partial charge in [-0.1, -0.05) is 6.58 Å². The van der Waals surface area contributed by atoms with Gasteiger partial charge in [0.25, 0.3) is 0 Å². The van der Waals surface area contributed by atoms with E-state index < -0.39 is 23.1 Å². The molecular formula is C18H23O6-. The molecule has 6 heteroatoms. The summed E-state index contributed by atoms with van der Waals surface area (Å²) in [5, 5.41) is 11.7. The molecule has 3 atom stereocenters. The minimum atomic E-state index is -0.915. The molecule has 6 nitrogen and oxygen atoms in total. The molecule has 132 valence electrons. The normalized spacial score (nSPS) is 45.5. The number of ether oxygens (including phenoxy) is 3. The summed E-state index contributed by atoms with van der Waals surface area (Å²) in [4.78, 5) is 23.2. The largest absolute Gasteiger partial charge is 0.550 e. The summed E-state index contributed by atoms with van der Waals surface area (Å²) in [7, 11) is 0.